The number of Topliss-reactive ketones (excluding diaryl/α,β-unsaturated/α-hetero) is 1. The summed E-state index contributed by atoms with van der Waals surface area (Å²) in [5, 5.41) is 0.263. The van der Waals surface area contributed by atoms with Crippen LogP contribution in [-0.2, 0) is 26.4 Å². The molecule has 3 aromatic heterocycles. The van der Waals surface area contributed by atoms with Crippen molar-refractivity contribution in [2.75, 3.05) is 7.11 Å². The van der Waals surface area contributed by atoms with E-state index in [9.17, 15) is 19.2 Å². The van der Waals surface area contributed by atoms with Crippen molar-refractivity contribution in [3.8, 4) is 16.5 Å². The lowest BCUT2D eigenvalue weighted by Crippen LogP contribution is -2.54. The fraction of sp³-hybridized carbons (Fsp3) is 0.414. The zero-order valence-corrected chi connectivity index (χ0v) is 24.2. The molecule has 11 nitrogen and oxygen atoms in total. The molecule has 1 aliphatic carbocycles. The molecule has 0 saturated heterocycles. The third-order valence-electron chi connectivity index (χ3n) is 7.68. The molecule has 4 aromatic rings. The summed E-state index contributed by atoms with van der Waals surface area (Å²) in [6.07, 6.45) is 4.02. The summed E-state index contributed by atoms with van der Waals surface area (Å²) in [4.78, 5) is 57.7. The number of para-hydroxylation sites is 1. The number of nitrogens with zero attached hydrogens (tertiary/aromatic N) is 3. The molecule has 1 aliphatic rings. The molecule has 0 radical (unpaired) electrons. The zero-order chi connectivity index (χ0) is 29.5. The Labute approximate surface area is 239 Å². The van der Waals surface area contributed by atoms with Gasteiger partial charge >= 0.3 is 5.69 Å². The van der Waals surface area contributed by atoms with Gasteiger partial charge in [0, 0.05) is 18.4 Å². The van der Waals surface area contributed by atoms with Crippen LogP contribution in [0.25, 0.3) is 21.0 Å². The summed E-state index contributed by atoms with van der Waals surface area (Å²) in [5.41, 5.74) is 4.01. The number of aryl methyl sites for hydroxylation is 1. The summed E-state index contributed by atoms with van der Waals surface area (Å²) in [7, 11) is 1.56. The summed E-state index contributed by atoms with van der Waals surface area (Å²) in [6, 6.07) is 7.36. The molecule has 0 bridgehead atoms. The van der Waals surface area contributed by atoms with Crippen molar-refractivity contribution in [2.45, 2.75) is 70.7 Å². The highest BCUT2D eigenvalue weighted by molar-refractivity contribution is 7.22. The lowest BCUT2D eigenvalue weighted by molar-refractivity contribution is -0.126. The van der Waals surface area contributed by atoms with E-state index in [-0.39, 0.29) is 23.8 Å². The molecule has 0 unspecified atom stereocenters. The van der Waals surface area contributed by atoms with Crippen LogP contribution in [0.15, 0.2) is 50.7 Å². The number of primary amides is 1. The fourth-order valence-corrected chi connectivity index (χ4v) is 6.49. The molecule has 2 N–H and O–H groups in total. The highest BCUT2D eigenvalue weighted by Crippen LogP contribution is 2.38. The Bertz CT molecular complexity index is 1720. The molecule has 1 fully saturated rings. The van der Waals surface area contributed by atoms with Crippen molar-refractivity contribution in [2.24, 2.45) is 5.73 Å². The molecule has 1 amide bonds. The van der Waals surface area contributed by atoms with Gasteiger partial charge < -0.3 is 19.6 Å². The average Bonchev–Trinajstić information content (AvgIpc) is 3.59. The van der Waals surface area contributed by atoms with Gasteiger partial charge in [-0.15, -0.1) is 11.3 Å². The van der Waals surface area contributed by atoms with Gasteiger partial charge in [-0.1, -0.05) is 18.2 Å². The van der Waals surface area contributed by atoms with Gasteiger partial charge in [-0.3, -0.25) is 19.0 Å². The van der Waals surface area contributed by atoms with Crippen LogP contribution in [0.5, 0.6) is 5.75 Å². The minimum Gasteiger partial charge on any atom is -0.496 e. The van der Waals surface area contributed by atoms with Crippen LogP contribution in [0.4, 0.5) is 0 Å². The maximum absolute atomic E-state index is 14.2. The summed E-state index contributed by atoms with van der Waals surface area (Å²) in [5.74, 6) is 0.257. The Morgan fingerprint density at radius 3 is 2.56 bits per heavy atom. The van der Waals surface area contributed by atoms with Gasteiger partial charge in [-0.05, 0) is 45.2 Å². The van der Waals surface area contributed by atoms with Crippen LogP contribution in [-0.4, -0.2) is 39.0 Å². The van der Waals surface area contributed by atoms with Crippen molar-refractivity contribution < 1.29 is 23.5 Å². The van der Waals surface area contributed by atoms with E-state index in [0.29, 0.717) is 58.2 Å². The predicted molar refractivity (Wildman–Crippen MR) is 153 cm³/mol. The Hall–Kier alpha value is -4.03. The largest absolute Gasteiger partial charge is 0.496 e. The number of ether oxygens (including phenoxy) is 2. The van der Waals surface area contributed by atoms with Gasteiger partial charge in [0.15, 0.2) is 0 Å². The summed E-state index contributed by atoms with van der Waals surface area (Å²) >= 11 is 1.20. The molecule has 41 heavy (non-hydrogen) atoms. The van der Waals surface area contributed by atoms with Crippen LogP contribution >= 0.6 is 11.3 Å². The van der Waals surface area contributed by atoms with Gasteiger partial charge in [0.05, 0.1) is 36.2 Å². The van der Waals surface area contributed by atoms with E-state index in [0.717, 1.165) is 4.57 Å². The number of amides is 1. The van der Waals surface area contributed by atoms with Gasteiger partial charge in [0.2, 0.25) is 11.8 Å². The fourth-order valence-electron chi connectivity index (χ4n) is 5.24. The quantitative estimate of drug-likeness (QED) is 0.315. The maximum atomic E-state index is 14.2. The molecular formula is C29H32N4O7S. The number of benzene rings is 1. The van der Waals surface area contributed by atoms with Crippen LogP contribution < -0.4 is 21.7 Å². The molecule has 5 rings (SSSR count). The van der Waals surface area contributed by atoms with Crippen LogP contribution in [0, 0.1) is 6.92 Å². The van der Waals surface area contributed by atoms with Crippen molar-refractivity contribution in [1.82, 2.24) is 14.1 Å². The lowest BCUT2D eigenvalue weighted by atomic mass is 9.96. The monoisotopic (exact) mass is 580 g/mol. The van der Waals surface area contributed by atoms with E-state index < -0.39 is 28.8 Å². The summed E-state index contributed by atoms with van der Waals surface area (Å²) in [6.45, 7) is 4.64. The normalized spacial score (nSPS) is 15.4. The number of nitrogens with two attached hydrogens (primary N) is 1. The number of fused-ring (bicyclic) bond motifs is 1. The third-order valence-corrected chi connectivity index (χ3v) is 8.99. The first kappa shape index (κ1) is 28.5. The second-order valence-electron chi connectivity index (χ2n) is 10.6. The summed E-state index contributed by atoms with van der Waals surface area (Å²) < 4.78 is 20.1. The van der Waals surface area contributed by atoms with Crippen molar-refractivity contribution in [3.05, 3.63) is 68.7 Å². The van der Waals surface area contributed by atoms with Crippen LogP contribution in [0.3, 0.4) is 0 Å². The number of methoxy groups -OCH3 is 1. The Balaban J connectivity index is 1.74. The topological polar surface area (TPSA) is 149 Å². The first-order valence-corrected chi connectivity index (χ1v) is 14.2. The second-order valence-corrected chi connectivity index (χ2v) is 11.6. The molecule has 0 spiro atoms. The van der Waals surface area contributed by atoms with Crippen LogP contribution in [0.2, 0.25) is 0 Å². The smallest absolute Gasteiger partial charge is 0.333 e. The van der Waals surface area contributed by atoms with Gasteiger partial charge in [-0.25, -0.2) is 14.3 Å². The SMILES string of the molecule is COc1ccccc1[C@H](Cn1c(=O)n(C(C)(C)C(N)=O)c(=O)c2c(C)c(-c3ncco3)sc21)OC1CCC(=O)CC1. The number of carbonyl (C=O) groups excluding carboxylic acids is 2. The Morgan fingerprint density at radius 1 is 1.22 bits per heavy atom. The maximum Gasteiger partial charge on any atom is 0.333 e. The molecule has 1 atom stereocenters. The van der Waals surface area contributed by atoms with Crippen molar-refractivity contribution >= 4 is 33.2 Å². The van der Waals surface area contributed by atoms with Gasteiger partial charge in [-0.2, -0.15) is 0 Å². The second kappa shape index (κ2) is 11.1. The minimum absolute atomic E-state index is 0.000250. The number of thiophene rings is 1. The van der Waals surface area contributed by atoms with Crippen molar-refractivity contribution in [1.29, 1.82) is 0 Å². The molecule has 3 heterocycles. The molecule has 1 saturated carbocycles. The molecule has 1 aromatic carbocycles. The van der Waals surface area contributed by atoms with E-state index >= 15 is 0 Å². The van der Waals surface area contributed by atoms with E-state index in [1.807, 2.05) is 24.3 Å². The number of carbonyl (C=O) groups is 2. The minimum atomic E-state index is -1.62. The number of oxazole rings is 1. The standard InChI is InChI=1S/C29H32N4O7S/c1-16-22-25(35)33(29(2,3)27(30)36)28(37)32(26(22)41-23(16)24-31-13-14-39-24)15-21(19-7-5-6-8-20(19)38-4)40-18-11-9-17(34)10-12-18/h5-8,13-14,18,21H,9-12,15H2,1-4H3,(H2,30,36)/t21-/m0/s1. The zero-order valence-electron chi connectivity index (χ0n) is 23.3. The van der Waals surface area contributed by atoms with E-state index in [2.05, 4.69) is 4.98 Å². The van der Waals surface area contributed by atoms with E-state index in [4.69, 9.17) is 19.6 Å². The number of ketones is 1. The molecule has 216 valence electrons. The lowest BCUT2D eigenvalue weighted by Gasteiger charge is -2.30. The van der Waals surface area contributed by atoms with Gasteiger partial charge in [0.25, 0.3) is 5.56 Å². The van der Waals surface area contributed by atoms with Crippen molar-refractivity contribution in [3.63, 3.8) is 0 Å². The number of hydrogen-bond acceptors (Lipinski definition) is 9. The Morgan fingerprint density at radius 2 is 1.93 bits per heavy atom. The Kier molecular flexibility index (Phi) is 7.71. The first-order valence-electron chi connectivity index (χ1n) is 13.3. The molecule has 12 heteroatoms. The van der Waals surface area contributed by atoms with Gasteiger partial charge in [0.1, 0.15) is 34.3 Å². The number of aromatic nitrogens is 3. The number of rotatable bonds is 9. The third kappa shape index (κ3) is 5.13. The predicted octanol–water partition coefficient (Wildman–Crippen LogP) is 3.69. The highest BCUT2D eigenvalue weighted by Gasteiger charge is 2.35. The molecule has 0 aliphatic heterocycles. The highest BCUT2D eigenvalue weighted by atomic mass is 32.1. The number of hydrogen-bond donors (Lipinski definition) is 1. The van der Waals surface area contributed by atoms with E-state index in [1.165, 1.54) is 42.2 Å². The molecular weight excluding hydrogens is 548 g/mol. The van der Waals surface area contributed by atoms with Crippen LogP contribution in [0.1, 0.15) is 56.8 Å². The van der Waals surface area contributed by atoms with E-state index in [1.54, 1.807) is 14.0 Å². The average molecular weight is 581 g/mol. The first-order chi connectivity index (χ1) is 19.5.